The van der Waals surface area contributed by atoms with Crippen LogP contribution in [0.15, 0.2) is 49.3 Å². The molecule has 0 spiro atoms. The van der Waals surface area contributed by atoms with Gasteiger partial charge in [0.15, 0.2) is 0 Å². The largest absolute Gasteiger partial charge is 0.376 e. The number of hydrogen-bond donors (Lipinski definition) is 0. The van der Waals surface area contributed by atoms with Crippen molar-refractivity contribution in [1.82, 2.24) is 18.9 Å². The molecular weight excluding hydrogens is 238 g/mol. The number of fused-ring (bicyclic) bond motifs is 7. The zero-order chi connectivity index (χ0) is 12.4. The number of hydrogen-bond acceptors (Lipinski definition) is 2. The van der Waals surface area contributed by atoms with Crippen LogP contribution < -0.4 is 4.40 Å². The highest BCUT2D eigenvalue weighted by Crippen LogP contribution is 2.31. The number of nitrogens with zero attached hydrogens (tertiary/aromatic N) is 5. The van der Waals surface area contributed by atoms with Gasteiger partial charge < -0.3 is 0 Å². The van der Waals surface area contributed by atoms with Crippen molar-refractivity contribution in [3.05, 3.63) is 54.9 Å². The quantitative estimate of drug-likeness (QED) is 0.387. The van der Waals surface area contributed by atoms with Gasteiger partial charge in [-0.3, -0.25) is 4.98 Å². The maximum atomic E-state index is 4.38. The molecule has 0 atom stereocenters. The molecule has 0 bridgehead atoms. The number of rotatable bonds is 0. The molecule has 19 heavy (non-hydrogen) atoms. The number of pyridine rings is 1. The van der Waals surface area contributed by atoms with Gasteiger partial charge in [-0.1, -0.05) is 0 Å². The average molecular weight is 248 g/mol. The molecule has 5 rings (SSSR count). The molecule has 5 nitrogen and oxygen atoms in total. The van der Waals surface area contributed by atoms with Crippen molar-refractivity contribution in [2.75, 3.05) is 0 Å². The lowest BCUT2D eigenvalue weighted by molar-refractivity contribution is -0.508. The van der Waals surface area contributed by atoms with E-state index in [4.69, 9.17) is 0 Å². The fraction of sp³-hybridized carbons (Fsp3) is 0.0714. The molecule has 4 aromatic rings. The Morgan fingerprint density at radius 2 is 2.21 bits per heavy atom. The smallest absolute Gasteiger partial charge is 0.264 e. The minimum atomic E-state index is 0.871. The van der Waals surface area contributed by atoms with Crippen LogP contribution in [0.2, 0.25) is 0 Å². The highest BCUT2D eigenvalue weighted by molar-refractivity contribution is 5.68. The molecule has 90 valence electrons. The molecule has 1 aliphatic rings. The second kappa shape index (κ2) is 3.00. The van der Waals surface area contributed by atoms with Gasteiger partial charge in [-0.05, 0) is 12.1 Å². The Bertz CT molecular complexity index is 947. The predicted octanol–water partition coefficient (Wildman–Crippen LogP) is 1.30. The molecule has 5 heteroatoms. The van der Waals surface area contributed by atoms with E-state index < -0.39 is 0 Å². The summed E-state index contributed by atoms with van der Waals surface area (Å²) in [5.41, 5.74) is 4.75. The van der Waals surface area contributed by atoms with Gasteiger partial charge in [-0.2, -0.15) is 4.40 Å². The van der Waals surface area contributed by atoms with Crippen LogP contribution in [0.1, 0.15) is 5.56 Å². The third-order valence-electron chi connectivity index (χ3n) is 3.78. The summed E-state index contributed by atoms with van der Waals surface area (Å²) in [6, 6.07) is 4.04. The van der Waals surface area contributed by atoms with Crippen LogP contribution in [0.3, 0.4) is 0 Å². The van der Waals surface area contributed by atoms with E-state index in [1.54, 1.807) is 0 Å². The first-order chi connectivity index (χ1) is 9.42. The molecule has 4 aromatic heterocycles. The molecule has 1 aliphatic heterocycles. The molecule has 0 aliphatic carbocycles. The summed E-state index contributed by atoms with van der Waals surface area (Å²) in [6.45, 7) is 0.871. The van der Waals surface area contributed by atoms with Crippen LogP contribution in [-0.2, 0) is 6.54 Å². The molecule has 0 saturated carbocycles. The Kier molecular flexibility index (Phi) is 1.46. The van der Waals surface area contributed by atoms with Crippen LogP contribution in [0, 0.1) is 0 Å². The van der Waals surface area contributed by atoms with Crippen LogP contribution in [-0.4, -0.2) is 18.9 Å². The monoisotopic (exact) mass is 248 g/mol. The molecule has 0 amide bonds. The van der Waals surface area contributed by atoms with E-state index >= 15 is 0 Å². The summed E-state index contributed by atoms with van der Waals surface area (Å²) in [6.07, 6.45) is 11.9. The van der Waals surface area contributed by atoms with Gasteiger partial charge in [0.25, 0.3) is 0 Å². The van der Waals surface area contributed by atoms with Crippen molar-refractivity contribution in [3.63, 3.8) is 0 Å². The van der Waals surface area contributed by atoms with Gasteiger partial charge in [0.2, 0.25) is 5.65 Å². The third-order valence-corrected chi connectivity index (χ3v) is 3.78. The summed E-state index contributed by atoms with van der Waals surface area (Å²) >= 11 is 0. The number of aromatic nitrogens is 5. The van der Waals surface area contributed by atoms with E-state index in [9.17, 15) is 0 Å². The SMILES string of the molecule is c1cnc2c[n+]3cc4n(c3n2c1)Cc1cnccc1-4. The Balaban J connectivity index is 1.94. The maximum absolute atomic E-state index is 4.38. The first kappa shape index (κ1) is 9.27. The van der Waals surface area contributed by atoms with Crippen LogP contribution in [0.4, 0.5) is 0 Å². The lowest BCUT2D eigenvalue weighted by atomic mass is 10.1. The standard InChI is InChI=1S/C14H10N5/c1-3-16-13-9-17-8-12-11-2-4-15-6-10(11)7-19(12)14(17)18(13)5-1/h1-6,8-9H,7H2/q+1. The molecule has 5 heterocycles. The summed E-state index contributed by atoms with van der Waals surface area (Å²) < 4.78 is 6.56. The second-order valence-electron chi connectivity index (χ2n) is 4.82. The molecule has 0 saturated heterocycles. The van der Waals surface area contributed by atoms with Gasteiger partial charge in [0.1, 0.15) is 18.1 Å². The van der Waals surface area contributed by atoms with E-state index in [2.05, 4.69) is 41.8 Å². The van der Waals surface area contributed by atoms with Gasteiger partial charge >= 0.3 is 5.78 Å². The van der Waals surface area contributed by atoms with E-state index in [1.807, 2.05) is 30.9 Å². The highest BCUT2D eigenvalue weighted by Gasteiger charge is 2.29. The van der Waals surface area contributed by atoms with Crippen LogP contribution in [0.25, 0.3) is 22.7 Å². The van der Waals surface area contributed by atoms with Crippen molar-refractivity contribution < 1.29 is 4.40 Å². The minimum Gasteiger partial charge on any atom is -0.264 e. The lowest BCUT2D eigenvalue weighted by Crippen LogP contribution is -2.16. The van der Waals surface area contributed by atoms with Crippen LogP contribution in [0.5, 0.6) is 0 Å². The Morgan fingerprint density at radius 3 is 3.21 bits per heavy atom. The van der Waals surface area contributed by atoms with E-state index in [0.29, 0.717) is 0 Å². The van der Waals surface area contributed by atoms with E-state index in [0.717, 1.165) is 18.0 Å². The van der Waals surface area contributed by atoms with E-state index in [1.165, 1.54) is 16.8 Å². The molecular formula is C14H10N5+. The first-order valence-electron chi connectivity index (χ1n) is 6.22. The first-order valence-corrected chi connectivity index (χ1v) is 6.22. The molecule has 0 radical (unpaired) electrons. The topological polar surface area (TPSA) is 39.2 Å². The summed E-state index contributed by atoms with van der Waals surface area (Å²) in [7, 11) is 0. The van der Waals surface area contributed by atoms with Crippen molar-refractivity contribution in [2.45, 2.75) is 6.54 Å². The third kappa shape index (κ3) is 1.03. The molecule has 0 N–H and O–H groups in total. The maximum Gasteiger partial charge on any atom is 0.376 e. The van der Waals surface area contributed by atoms with Crippen molar-refractivity contribution in [3.8, 4) is 11.3 Å². The summed E-state index contributed by atoms with van der Waals surface area (Å²) in [5, 5.41) is 0. The van der Waals surface area contributed by atoms with Gasteiger partial charge in [0, 0.05) is 29.7 Å². The average Bonchev–Trinajstić information content (AvgIpc) is 3.05. The van der Waals surface area contributed by atoms with Gasteiger partial charge in [-0.25, -0.2) is 14.0 Å². The van der Waals surface area contributed by atoms with E-state index in [-0.39, 0.29) is 0 Å². The fourth-order valence-corrected chi connectivity index (χ4v) is 2.97. The zero-order valence-corrected chi connectivity index (χ0v) is 10.1. The van der Waals surface area contributed by atoms with Crippen LogP contribution >= 0.6 is 0 Å². The summed E-state index contributed by atoms with van der Waals surface area (Å²) in [5.74, 6) is 1.13. The number of imidazole rings is 2. The predicted molar refractivity (Wildman–Crippen MR) is 68.7 cm³/mol. The minimum absolute atomic E-state index is 0.871. The normalized spacial score (nSPS) is 13.1. The van der Waals surface area contributed by atoms with Crippen molar-refractivity contribution >= 4 is 11.4 Å². The molecule has 0 fully saturated rings. The molecule has 0 aromatic carbocycles. The lowest BCUT2D eigenvalue weighted by Gasteiger charge is -1.92. The highest BCUT2D eigenvalue weighted by atomic mass is 15.3. The van der Waals surface area contributed by atoms with Crippen molar-refractivity contribution in [1.29, 1.82) is 0 Å². The Morgan fingerprint density at radius 1 is 1.21 bits per heavy atom. The fourth-order valence-electron chi connectivity index (χ4n) is 2.97. The Hall–Kier alpha value is -2.69. The van der Waals surface area contributed by atoms with Gasteiger partial charge in [0.05, 0.1) is 12.7 Å². The molecule has 0 unspecified atom stereocenters. The van der Waals surface area contributed by atoms with Crippen molar-refractivity contribution in [2.24, 2.45) is 0 Å². The zero-order valence-electron chi connectivity index (χ0n) is 10.1. The second-order valence-corrected chi connectivity index (χ2v) is 4.82. The summed E-state index contributed by atoms with van der Waals surface area (Å²) in [4.78, 5) is 8.59. The Labute approximate surface area is 108 Å². The van der Waals surface area contributed by atoms with Gasteiger partial charge in [-0.15, -0.1) is 0 Å².